The Bertz CT molecular complexity index is 274. The minimum absolute atomic E-state index is 0.619. The summed E-state index contributed by atoms with van der Waals surface area (Å²) in [4.78, 5) is 0. The van der Waals surface area contributed by atoms with Gasteiger partial charge in [-0.2, -0.15) is 0 Å². The molecule has 0 bridgehead atoms. The van der Waals surface area contributed by atoms with Gasteiger partial charge in [-0.25, -0.2) is 0 Å². The Hall–Kier alpha value is -0.190. The molecule has 0 atom stereocenters. The summed E-state index contributed by atoms with van der Waals surface area (Å²) in [6.07, 6.45) is 0. The molecular formula is C10H12OS3. The lowest BCUT2D eigenvalue weighted by atomic mass is 10.2. The van der Waals surface area contributed by atoms with Gasteiger partial charge in [-0.05, 0) is 35.5 Å². The van der Waals surface area contributed by atoms with Gasteiger partial charge in [0.25, 0.3) is 0 Å². The third-order valence-electron chi connectivity index (χ3n) is 1.46. The summed E-state index contributed by atoms with van der Waals surface area (Å²) in [6.45, 7) is 2.59. The van der Waals surface area contributed by atoms with Gasteiger partial charge in [0.05, 0.1) is 6.61 Å². The Labute approximate surface area is 98.0 Å². The van der Waals surface area contributed by atoms with Crippen molar-refractivity contribution in [3.63, 3.8) is 0 Å². The highest BCUT2D eigenvalue weighted by Crippen LogP contribution is 2.27. The summed E-state index contributed by atoms with van der Waals surface area (Å²) < 4.78 is 5.77. The maximum atomic E-state index is 5.15. The van der Waals surface area contributed by atoms with Crippen LogP contribution in [0.5, 0.6) is 0 Å². The molecular weight excluding hydrogens is 232 g/mol. The molecule has 1 nitrogen and oxygen atoms in total. The van der Waals surface area contributed by atoms with Crippen LogP contribution in [-0.4, -0.2) is 11.0 Å². The number of hydrogen-bond donors (Lipinski definition) is 0. The van der Waals surface area contributed by atoms with Gasteiger partial charge in [-0.1, -0.05) is 41.1 Å². The van der Waals surface area contributed by atoms with Crippen molar-refractivity contribution >= 4 is 38.2 Å². The smallest absolute Gasteiger partial charge is 0.230 e. The summed E-state index contributed by atoms with van der Waals surface area (Å²) in [5, 5.41) is 0. The van der Waals surface area contributed by atoms with Gasteiger partial charge in [0.15, 0.2) is 0 Å². The minimum atomic E-state index is 0.619. The van der Waals surface area contributed by atoms with Crippen molar-refractivity contribution in [2.45, 2.75) is 12.7 Å². The fraction of sp³-hybridized carbons (Fsp3) is 0.300. The first-order valence-electron chi connectivity index (χ1n) is 4.33. The van der Waals surface area contributed by atoms with Crippen LogP contribution in [0.4, 0.5) is 0 Å². The van der Waals surface area contributed by atoms with E-state index in [4.69, 9.17) is 17.0 Å². The predicted octanol–water partition coefficient (Wildman–Crippen LogP) is 3.89. The van der Waals surface area contributed by atoms with E-state index >= 15 is 0 Å². The van der Waals surface area contributed by atoms with E-state index in [1.807, 2.05) is 25.1 Å². The second-order valence-corrected chi connectivity index (χ2v) is 5.41. The fourth-order valence-corrected chi connectivity index (χ4v) is 3.08. The van der Waals surface area contributed by atoms with Crippen LogP contribution in [0, 0.1) is 0 Å². The van der Waals surface area contributed by atoms with Crippen LogP contribution in [0.2, 0.25) is 0 Å². The Kier molecular flexibility index (Phi) is 6.07. The van der Waals surface area contributed by atoms with E-state index in [-0.39, 0.29) is 0 Å². The predicted molar refractivity (Wildman–Crippen MR) is 69.6 cm³/mol. The van der Waals surface area contributed by atoms with E-state index in [9.17, 15) is 0 Å². The summed E-state index contributed by atoms with van der Waals surface area (Å²) >= 11 is 4.99. The van der Waals surface area contributed by atoms with Gasteiger partial charge in [-0.15, -0.1) is 0 Å². The van der Waals surface area contributed by atoms with Gasteiger partial charge in [-0.3, -0.25) is 0 Å². The van der Waals surface area contributed by atoms with E-state index in [0.717, 1.165) is 5.75 Å². The van der Waals surface area contributed by atoms with Crippen molar-refractivity contribution in [3.8, 4) is 0 Å². The first-order valence-corrected chi connectivity index (χ1v) is 7.05. The second kappa shape index (κ2) is 7.15. The molecule has 0 saturated carbocycles. The van der Waals surface area contributed by atoms with E-state index in [2.05, 4.69) is 12.1 Å². The molecule has 0 aliphatic carbocycles. The topological polar surface area (TPSA) is 9.23 Å². The summed E-state index contributed by atoms with van der Waals surface area (Å²) in [5.74, 6) is 0.957. The number of hydrogen-bond acceptors (Lipinski definition) is 4. The van der Waals surface area contributed by atoms with Crippen LogP contribution < -0.4 is 0 Å². The summed E-state index contributed by atoms with van der Waals surface area (Å²) in [7, 11) is 3.23. The molecule has 0 aliphatic rings. The second-order valence-electron chi connectivity index (χ2n) is 2.51. The van der Waals surface area contributed by atoms with Crippen LogP contribution >= 0.6 is 33.8 Å². The highest BCUT2D eigenvalue weighted by Gasteiger charge is 1.98. The van der Waals surface area contributed by atoms with E-state index in [1.165, 1.54) is 16.4 Å². The zero-order valence-corrected chi connectivity index (χ0v) is 10.4. The zero-order valence-electron chi connectivity index (χ0n) is 7.93. The number of ether oxygens (including phenoxy) is 1. The third-order valence-corrected chi connectivity index (χ3v) is 4.13. The van der Waals surface area contributed by atoms with Crippen LogP contribution in [0.3, 0.4) is 0 Å². The maximum absolute atomic E-state index is 5.15. The van der Waals surface area contributed by atoms with Crippen LogP contribution in [0.25, 0.3) is 0 Å². The third kappa shape index (κ3) is 4.88. The fourth-order valence-electron chi connectivity index (χ4n) is 0.862. The van der Waals surface area contributed by atoms with Crippen molar-refractivity contribution < 1.29 is 4.74 Å². The molecule has 1 rings (SSSR count). The number of rotatable bonds is 4. The highest BCUT2D eigenvalue weighted by molar-refractivity contribution is 8.83. The highest BCUT2D eigenvalue weighted by atomic mass is 33.1. The lowest BCUT2D eigenvalue weighted by Gasteiger charge is -2.03. The Morgan fingerprint density at radius 3 is 2.71 bits per heavy atom. The van der Waals surface area contributed by atoms with Crippen molar-refractivity contribution in [1.82, 2.24) is 0 Å². The number of benzene rings is 1. The lowest BCUT2D eigenvalue weighted by molar-refractivity contribution is 0.346. The van der Waals surface area contributed by atoms with Gasteiger partial charge in [0.1, 0.15) is 0 Å². The van der Waals surface area contributed by atoms with E-state index < -0.39 is 0 Å². The van der Waals surface area contributed by atoms with Gasteiger partial charge in [0.2, 0.25) is 4.38 Å². The van der Waals surface area contributed by atoms with Gasteiger partial charge < -0.3 is 4.74 Å². The van der Waals surface area contributed by atoms with Crippen LogP contribution in [-0.2, 0) is 10.5 Å². The van der Waals surface area contributed by atoms with Crippen molar-refractivity contribution in [3.05, 3.63) is 35.9 Å². The zero-order chi connectivity index (χ0) is 10.2. The summed E-state index contributed by atoms with van der Waals surface area (Å²) in [6, 6.07) is 10.3. The molecule has 4 heteroatoms. The molecule has 1 aromatic carbocycles. The van der Waals surface area contributed by atoms with Crippen LogP contribution in [0.15, 0.2) is 30.3 Å². The quantitative estimate of drug-likeness (QED) is 0.586. The molecule has 0 spiro atoms. The molecule has 0 N–H and O–H groups in total. The molecule has 0 heterocycles. The van der Waals surface area contributed by atoms with E-state index in [1.54, 1.807) is 10.8 Å². The standard InChI is InChI=1S/C10H12OS3/c1-2-11-10(12)14-13-8-9-6-4-3-5-7-9/h3-7H,2,8H2,1H3. The largest absolute Gasteiger partial charge is 0.478 e. The van der Waals surface area contributed by atoms with Crippen molar-refractivity contribution in [1.29, 1.82) is 0 Å². The molecule has 0 radical (unpaired) electrons. The number of thiocarbonyl (C=S) groups is 1. The SMILES string of the molecule is CCOC(=S)SSCc1ccccc1. The van der Waals surface area contributed by atoms with E-state index in [0.29, 0.717) is 11.0 Å². The van der Waals surface area contributed by atoms with Crippen molar-refractivity contribution in [2.24, 2.45) is 0 Å². The van der Waals surface area contributed by atoms with Gasteiger partial charge >= 0.3 is 0 Å². The van der Waals surface area contributed by atoms with Crippen LogP contribution in [0.1, 0.15) is 12.5 Å². The molecule has 0 aromatic heterocycles. The molecule has 14 heavy (non-hydrogen) atoms. The Morgan fingerprint density at radius 1 is 1.36 bits per heavy atom. The molecule has 0 saturated heterocycles. The molecule has 0 fully saturated rings. The Balaban J connectivity index is 2.19. The lowest BCUT2D eigenvalue weighted by Crippen LogP contribution is -1.93. The molecule has 0 amide bonds. The summed E-state index contributed by atoms with van der Waals surface area (Å²) in [5.41, 5.74) is 1.31. The van der Waals surface area contributed by atoms with Crippen molar-refractivity contribution in [2.75, 3.05) is 6.61 Å². The Morgan fingerprint density at radius 2 is 2.07 bits per heavy atom. The molecule has 0 unspecified atom stereocenters. The average Bonchev–Trinajstić information content (AvgIpc) is 2.20. The van der Waals surface area contributed by atoms with Gasteiger partial charge in [0, 0.05) is 5.75 Å². The normalized spacial score (nSPS) is 9.79. The first-order chi connectivity index (χ1) is 6.83. The monoisotopic (exact) mass is 244 g/mol. The average molecular weight is 244 g/mol. The first kappa shape index (κ1) is 11.9. The minimum Gasteiger partial charge on any atom is -0.478 e. The maximum Gasteiger partial charge on any atom is 0.230 e. The molecule has 1 aromatic rings. The molecule has 0 aliphatic heterocycles. The molecule has 76 valence electrons.